The van der Waals surface area contributed by atoms with Crippen LogP contribution in [0.15, 0.2) is 12.1 Å². The van der Waals surface area contributed by atoms with Crippen LogP contribution in [0.1, 0.15) is 50.3 Å². The lowest BCUT2D eigenvalue weighted by Crippen LogP contribution is -2.17. The van der Waals surface area contributed by atoms with Crippen molar-refractivity contribution in [2.75, 3.05) is 5.32 Å². The fraction of sp³-hybridized carbons (Fsp3) is 0.500. The van der Waals surface area contributed by atoms with Crippen LogP contribution in [-0.4, -0.2) is 5.91 Å². The van der Waals surface area contributed by atoms with Crippen LogP contribution in [0.25, 0.3) is 0 Å². The molecule has 1 aromatic rings. The Morgan fingerprint density at radius 2 is 2.11 bits per heavy atom. The topological polar surface area (TPSA) is 55.1 Å². The second-order valence-electron chi connectivity index (χ2n) is 5.19. The molecule has 0 aliphatic carbocycles. The van der Waals surface area contributed by atoms with Gasteiger partial charge in [-0.15, -0.1) is 0 Å². The van der Waals surface area contributed by atoms with Crippen molar-refractivity contribution in [1.82, 2.24) is 0 Å². The Bertz CT molecular complexity index is 485. The first-order chi connectivity index (χ1) is 8.45. The van der Waals surface area contributed by atoms with E-state index in [-0.39, 0.29) is 17.9 Å². The molecule has 0 aromatic heterocycles. The summed E-state index contributed by atoms with van der Waals surface area (Å²) in [7, 11) is 0. The molecule has 0 spiro atoms. The number of carbonyl (C=O) groups excluding carboxylic acids is 1. The molecular formula is C14H19ClN2O. The molecule has 3 nitrogen and oxygen atoms in total. The third-order valence-electron chi connectivity index (χ3n) is 3.59. The molecule has 2 atom stereocenters. The molecule has 3 N–H and O–H groups in total. The van der Waals surface area contributed by atoms with Gasteiger partial charge in [0.05, 0.1) is 16.6 Å². The molecule has 0 fully saturated rings. The predicted molar refractivity (Wildman–Crippen MR) is 74.9 cm³/mol. The molecule has 0 bridgehead atoms. The van der Waals surface area contributed by atoms with Gasteiger partial charge in [0.15, 0.2) is 0 Å². The number of hydrogen-bond donors (Lipinski definition) is 2. The highest BCUT2D eigenvalue weighted by molar-refractivity contribution is 6.34. The summed E-state index contributed by atoms with van der Waals surface area (Å²) in [4.78, 5) is 11.8. The molecule has 1 aliphatic rings. The van der Waals surface area contributed by atoms with Crippen LogP contribution in [0.3, 0.4) is 0 Å². The Morgan fingerprint density at radius 1 is 1.44 bits per heavy atom. The van der Waals surface area contributed by atoms with Crippen molar-refractivity contribution >= 4 is 23.2 Å². The molecule has 1 heterocycles. The predicted octanol–water partition coefficient (Wildman–Crippen LogP) is 3.44. The van der Waals surface area contributed by atoms with E-state index >= 15 is 0 Å². The van der Waals surface area contributed by atoms with Crippen molar-refractivity contribution in [3.63, 3.8) is 0 Å². The lowest BCUT2D eigenvalue weighted by atomic mass is 9.91. The number of carbonyl (C=O) groups is 1. The number of nitrogens with two attached hydrogens (primary N) is 1. The Balaban J connectivity index is 2.49. The minimum absolute atomic E-state index is 0.0321. The number of hydrogen-bond acceptors (Lipinski definition) is 2. The van der Waals surface area contributed by atoms with Gasteiger partial charge in [-0.25, -0.2) is 0 Å². The van der Waals surface area contributed by atoms with Crippen molar-refractivity contribution in [3.8, 4) is 0 Å². The van der Waals surface area contributed by atoms with E-state index < -0.39 is 0 Å². The number of rotatable bonds is 3. The van der Waals surface area contributed by atoms with E-state index in [0.717, 1.165) is 23.2 Å². The minimum Gasteiger partial charge on any atom is -0.324 e. The molecule has 1 aromatic carbocycles. The van der Waals surface area contributed by atoms with Crippen molar-refractivity contribution in [2.24, 2.45) is 11.7 Å². The SMILES string of the molecule is CCC1C(=O)Nc2c(Cl)cc(C(N)C(C)C)cc21. The minimum atomic E-state index is -0.100. The zero-order chi connectivity index (χ0) is 13.4. The fourth-order valence-electron chi connectivity index (χ4n) is 2.39. The highest BCUT2D eigenvalue weighted by Gasteiger charge is 2.31. The number of fused-ring (bicyclic) bond motifs is 1. The number of amides is 1. The van der Waals surface area contributed by atoms with Gasteiger partial charge in [0, 0.05) is 6.04 Å². The smallest absolute Gasteiger partial charge is 0.232 e. The molecule has 0 saturated carbocycles. The zero-order valence-corrected chi connectivity index (χ0v) is 11.7. The van der Waals surface area contributed by atoms with Gasteiger partial charge in [0.25, 0.3) is 0 Å². The normalized spacial score (nSPS) is 19.9. The third-order valence-corrected chi connectivity index (χ3v) is 3.89. The highest BCUT2D eigenvalue weighted by Crippen LogP contribution is 2.41. The summed E-state index contributed by atoms with van der Waals surface area (Å²) in [6, 6.07) is 3.84. The van der Waals surface area contributed by atoms with Gasteiger partial charge in [-0.1, -0.05) is 38.4 Å². The molecule has 0 saturated heterocycles. The lowest BCUT2D eigenvalue weighted by Gasteiger charge is -2.18. The maximum absolute atomic E-state index is 11.8. The van der Waals surface area contributed by atoms with E-state index in [4.69, 9.17) is 17.3 Å². The van der Waals surface area contributed by atoms with Crippen molar-refractivity contribution in [2.45, 2.75) is 39.2 Å². The Kier molecular flexibility index (Phi) is 3.64. The monoisotopic (exact) mass is 266 g/mol. The first-order valence-corrected chi connectivity index (χ1v) is 6.73. The van der Waals surface area contributed by atoms with Crippen molar-refractivity contribution < 1.29 is 4.79 Å². The summed E-state index contributed by atoms with van der Waals surface area (Å²) in [5.41, 5.74) is 8.91. The Labute approximate surface area is 113 Å². The second-order valence-corrected chi connectivity index (χ2v) is 5.59. The maximum Gasteiger partial charge on any atom is 0.232 e. The number of anilines is 1. The van der Waals surface area contributed by atoms with Crippen LogP contribution in [0, 0.1) is 5.92 Å². The summed E-state index contributed by atoms with van der Waals surface area (Å²) in [5, 5.41) is 3.44. The van der Waals surface area contributed by atoms with Crippen molar-refractivity contribution in [1.29, 1.82) is 0 Å². The molecular weight excluding hydrogens is 248 g/mol. The molecule has 0 radical (unpaired) electrons. The Morgan fingerprint density at radius 3 is 2.67 bits per heavy atom. The molecule has 4 heteroatoms. The summed E-state index contributed by atoms with van der Waals surface area (Å²) < 4.78 is 0. The lowest BCUT2D eigenvalue weighted by molar-refractivity contribution is -0.117. The third kappa shape index (κ3) is 2.13. The van der Waals surface area contributed by atoms with Gasteiger partial charge in [0.1, 0.15) is 0 Å². The molecule has 1 amide bonds. The van der Waals surface area contributed by atoms with E-state index in [1.165, 1.54) is 0 Å². The highest BCUT2D eigenvalue weighted by atomic mass is 35.5. The van der Waals surface area contributed by atoms with Gasteiger partial charge in [0.2, 0.25) is 5.91 Å². The van der Waals surface area contributed by atoms with E-state index in [1.54, 1.807) is 0 Å². The van der Waals surface area contributed by atoms with Gasteiger partial charge in [-0.2, -0.15) is 0 Å². The first kappa shape index (κ1) is 13.4. The molecule has 2 rings (SSSR count). The largest absolute Gasteiger partial charge is 0.324 e. The summed E-state index contributed by atoms with van der Waals surface area (Å²) in [5.74, 6) is 0.269. The summed E-state index contributed by atoms with van der Waals surface area (Å²) in [6.45, 7) is 6.15. The van der Waals surface area contributed by atoms with Gasteiger partial charge < -0.3 is 11.1 Å². The van der Waals surface area contributed by atoms with E-state index in [1.807, 2.05) is 19.1 Å². The van der Waals surface area contributed by atoms with E-state index in [2.05, 4.69) is 19.2 Å². The quantitative estimate of drug-likeness (QED) is 0.881. The molecule has 2 unspecified atom stereocenters. The zero-order valence-electron chi connectivity index (χ0n) is 11.0. The van der Waals surface area contributed by atoms with Crippen LogP contribution in [0.4, 0.5) is 5.69 Å². The standard InChI is InChI=1S/C14H19ClN2O/c1-4-9-10-5-8(12(16)7(2)3)6-11(15)13(10)17-14(9)18/h5-7,9,12H,4,16H2,1-3H3,(H,17,18). The molecule has 18 heavy (non-hydrogen) atoms. The van der Waals surface area contributed by atoms with Crippen LogP contribution >= 0.6 is 11.6 Å². The van der Waals surface area contributed by atoms with Crippen molar-refractivity contribution in [3.05, 3.63) is 28.3 Å². The van der Waals surface area contributed by atoms with Crippen LogP contribution in [0.2, 0.25) is 5.02 Å². The van der Waals surface area contributed by atoms with Crippen LogP contribution < -0.4 is 11.1 Å². The van der Waals surface area contributed by atoms with Crippen LogP contribution in [-0.2, 0) is 4.79 Å². The van der Waals surface area contributed by atoms with Gasteiger partial charge >= 0.3 is 0 Å². The van der Waals surface area contributed by atoms with E-state index in [9.17, 15) is 4.79 Å². The summed E-state index contributed by atoms with van der Waals surface area (Å²) in [6.07, 6.45) is 0.773. The maximum atomic E-state index is 11.8. The first-order valence-electron chi connectivity index (χ1n) is 6.35. The van der Waals surface area contributed by atoms with E-state index in [0.29, 0.717) is 10.9 Å². The summed E-state index contributed by atoms with van der Waals surface area (Å²) >= 11 is 6.24. The number of halogens is 1. The average Bonchev–Trinajstić information content (AvgIpc) is 2.64. The fourth-order valence-corrected chi connectivity index (χ4v) is 2.67. The molecule has 98 valence electrons. The Hall–Kier alpha value is -1.06. The van der Waals surface area contributed by atoms with Crippen LogP contribution in [0.5, 0.6) is 0 Å². The van der Waals surface area contributed by atoms with Gasteiger partial charge in [-0.05, 0) is 29.5 Å². The number of nitrogens with one attached hydrogen (secondary N) is 1. The number of benzene rings is 1. The average molecular weight is 267 g/mol. The molecule has 1 aliphatic heterocycles. The van der Waals surface area contributed by atoms with Gasteiger partial charge in [-0.3, -0.25) is 4.79 Å². The second kappa shape index (κ2) is 4.90.